The van der Waals surface area contributed by atoms with Gasteiger partial charge in [-0.25, -0.2) is 4.99 Å². The molecule has 4 N–H and O–H groups in total. The molecule has 2 aromatic rings. The maximum atomic E-state index is 12.4. The first kappa shape index (κ1) is 25.2. The molecule has 2 amide bonds. The van der Waals surface area contributed by atoms with Crippen LogP contribution in [0.1, 0.15) is 15.9 Å². The predicted octanol–water partition coefficient (Wildman–Crippen LogP) is 2.70. The molecule has 1 heterocycles. The van der Waals surface area contributed by atoms with Crippen LogP contribution in [0.15, 0.2) is 53.5 Å². The van der Waals surface area contributed by atoms with Crippen molar-refractivity contribution < 1.29 is 27.5 Å². The monoisotopic (exact) mass is 563 g/mol. The van der Waals surface area contributed by atoms with Gasteiger partial charge in [-0.15, -0.1) is 37.1 Å². The molecule has 1 saturated heterocycles. The van der Waals surface area contributed by atoms with E-state index in [4.69, 9.17) is 5.73 Å². The highest BCUT2D eigenvalue weighted by Crippen LogP contribution is 2.23. The number of hydrogen-bond donors (Lipinski definition) is 3. The number of nitrogens with zero attached hydrogens (tertiary/aromatic N) is 2. The second-order valence-electron chi connectivity index (χ2n) is 6.67. The van der Waals surface area contributed by atoms with Crippen LogP contribution in [0.3, 0.4) is 0 Å². The maximum absolute atomic E-state index is 12.4. The third kappa shape index (κ3) is 7.59. The van der Waals surface area contributed by atoms with Crippen molar-refractivity contribution in [2.45, 2.75) is 12.9 Å². The summed E-state index contributed by atoms with van der Waals surface area (Å²) >= 11 is 0. The molecule has 0 bridgehead atoms. The number of ether oxygens (including phenoxy) is 1. The maximum Gasteiger partial charge on any atom is 0.573 e. The Morgan fingerprint density at radius 2 is 1.81 bits per heavy atom. The highest BCUT2D eigenvalue weighted by atomic mass is 127. The van der Waals surface area contributed by atoms with Gasteiger partial charge in [0.15, 0.2) is 5.96 Å². The Morgan fingerprint density at radius 1 is 1.16 bits per heavy atom. The topological polar surface area (TPSA) is 109 Å². The number of hydrogen-bond acceptors (Lipinski definition) is 4. The zero-order valence-electron chi connectivity index (χ0n) is 16.7. The van der Waals surface area contributed by atoms with Crippen molar-refractivity contribution in [1.29, 1.82) is 0 Å². The molecule has 0 spiro atoms. The lowest BCUT2D eigenvalue weighted by atomic mass is 10.1. The van der Waals surface area contributed by atoms with Crippen LogP contribution in [0.25, 0.3) is 0 Å². The lowest BCUT2D eigenvalue weighted by molar-refractivity contribution is -0.274. The second kappa shape index (κ2) is 11.0. The quantitative estimate of drug-likeness (QED) is 0.295. The minimum absolute atomic E-state index is 0. The summed E-state index contributed by atoms with van der Waals surface area (Å²) in [4.78, 5) is 29.5. The van der Waals surface area contributed by atoms with Gasteiger partial charge in [0.1, 0.15) is 5.75 Å². The van der Waals surface area contributed by atoms with E-state index >= 15 is 0 Å². The summed E-state index contributed by atoms with van der Waals surface area (Å²) in [6.45, 7) is 1.16. The molecule has 32 heavy (non-hydrogen) atoms. The number of aliphatic imine (C=N–C) groups is 1. The summed E-state index contributed by atoms with van der Waals surface area (Å²) in [5.41, 5.74) is 7.52. The number of halogens is 4. The molecule has 2 aromatic carbocycles. The largest absolute Gasteiger partial charge is 0.573 e. The Labute approximate surface area is 199 Å². The molecule has 0 saturated carbocycles. The van der Waals surface area contributed by atoms with Gasteiger partial charge in [0, 0.05) is 24.3 Å². The van der Waals surface area contributed by atoms with E-state index in [1.165, 1.54) is 17.0 Å². The number of benzene rings is 2. The lowest BCUT2D eigenvalue weighted by Crippen LogP contribution is -2.49. The van der Waals surface area contributed by atoms with Gasteiger partial charge in [-0.2, -0.15) is 0 Å². The van der Waals surface area contributed by atoms with Crippen LogP contribution in [-0.4, -0.2) is 48.7 Å². The van der Waals surface area contributed by atoms with E-state index in [0.29, 0.717) is 24.3 Å². The van der Waals surface area contributed by atoms with Gasteiger partial charge in [0.2, 0.25) is 5.91 Å². The molecule has 0 atom stereocenters. The van der Waals surface area contributed by atoms with Gasteiger partial charge in [0.05, 0.1) is 13.1 Å². The van der Waals surface area contributed by atoms with Gasteiger partial charge in [0.25, 0.3) is 5.91 Å². The fourth-order valence-corrected chi connectivity index (χ4v) is 2.85. The first-order chi connectivity index (χ1) is 14.7. The van der Waals surface area contributed by atoms with E-state index in [2.05, 4.69) is 20.4 Å². The normalized spacial score (nSPS) is 14.3. The minimum atomic E-state index is -4.75. The molecule has 0 aromatic heterocycles. The highest BCUT2D eigenvalue weighted by Gasteiger charge is 2.31. The van der Waals surface area contributed by atoms with Crippen LogP contribution < -0.4 is 21.1 Å². The van der Waals surface area contributed by atoms with E-state index in [-0.39, 0.29) is 60.6 Å². The van der Waals surface area contributed by atoms with Crippen molar-refractivity contribution in [3.05, 3.63) is 59.7 Å². The zero-order valence-corrected chi connectivity index (χ0v) is 19.0. The summed E-state index contributed by atoms with van der Waals surface area (Å²) in [5, 5.41) is 5.44. The number of anilines is 1. The standard InChI is InChI=1S/C20H20F3N5O3.HI/c21-20(22,23)31-16-7-5-15(6-8-16)27-19(24)26-11-13-1-3-14(4-2-13)18(30)28-10-9-25-17(29)12-28;/h1-8H,9-12H2,(H,25,29)(H3,24,26,27);1H. The van der Waals surface area contributed by atoms with Crippen molar-refractivity contribution >= 4 is 47.4 Å². The third-order valence-electron chi connectivity index (χ3n) is 4.32. The number of guanidine groups is 1. The van der Waals surface area contributed by atoms with E-state index in [9.17, 15) is 22.8 Å². The van der Waals surface area contributed by atoms with Crippen LogP contribution in [-0.2, 0) is 11.3 Å². The minimum Gasteiger partial charge on any atom is -0.406 e. The van der Waals surface area contributed by atoms with Gasteiger partial charge in [-0.05, 0) is 42.0 Å². The number of amides is 2. The van der Waals surface area contributed by atoms with Gasteiger partial charge in [-0.3, -0.25) is 9.59 Å². The van der Waals surface area contributed by atoms with Crippen LogP contribution in [0.2, 0.25) is 0 Å². The average Bonchev–Trinajstić information content (AvgIpc) is 2.72. The summed E-state index contributed by atoms with van der Waals surface area (Å²) in [6, 6.07) is 11.9. The molecule has 0 unspecified atom stereocenters. The van der Waals surface area contributed by atoms with Crippen molar-refractivity contribution in [3.63, 3.8) is 0 Å². The van der Waals surface area contributed by atoms with E-state index in [1.807, 2.05) is 0 Å². The number of nitrogens with one attached hydrogen (secondary N) is 2. The summed E-state index contributed by atoms with van der Waals surface area (Å²) < 4.78 is 40.3. The molecule has 1 fully saturated rings. The van der Waals surface area contributed by atoms with E-state index < -0.39 is 6.36 Å². The molecule has 12 heteroatoms. The van der Waals surface area contributed by atoms with Crippen LogP contribution in [0.5, 0.6) is 5.75 Å². The Morgan fingerprint density at radius 3 is 2.41 bits per heavy atom. The smallest absolute Gasteiger partial charge is 0.406 e. The SMILES string of the molecule is I.NC(=NCc1ccc(C(=O)N2CCNC(=O)C2)cc1)Nc1ccc(OC(F)(F)F)cc1. The third-order valence-corrected chi connectivity index (χ3v) is 4.32. The Balaban J connectivity index is 0.00000363. The first-order valence-corrected chi connectivity index (χ1v) is 9.27. The second-order valence-corrected chi connectivity index (χ2v) is 6.67. The number of carbonyl (C=O) groups excluding carboxylic acids is 2. The molecule has 0 radical (unpaired) electrons. The van der Waals surface area contributed by atoms with E-state index in [1.54, 1.807) is 24.3 Å². The summed E-state index contributed by atoms with van der Waals surface area (Å²) in [6.07, 6.45) is -4.75. The number of carbonyl (C=O) groups is 2. The molecule has 0 aliphatic carbocycles. The average molecular weight is 563 g/mol. The van der Waals surface area contributed by atoms with E-state index in [0.717, 1.165) is 17.7 Å². The number of alkyl halides is 3. The number of rotatable bonds is 5. The molecular weight excluding hydrogens is 542 g/mol. The van der Waals surface area contributed by atoms with Crippen LogP contribution in [0.4, 0.5) is 18.9 Å². The predicted molar refractivity (Wildman–Crippen MR) is 123 cm³/mol. The van der Waals surface area contributed by atoms with Crippen molar-refractivity contribution in [2.75, 3.05) is 25.0 Å². The number of nitrogens with two attached hydrogens (primary N) is 1. The lowest BCUT2D eigenvalue weighted by Gasteiger charge is -2.26. The fourth-order valence-electron chi connectivity index (χ4n) is 2.85. The molecule has 3 rings (SSSR count). The first-order valence-electron chi connectivity index (χ1n) is 9.27. The fraction of sp³-hybridized carbons (Fsp3) is 0.250. The van der Waals surface area contributed by atoms with Crippen LogP contribution >= 0.6 is 24.0 Å². The summed E-state index contributed by atoms with van der Waals surface area (Å²) in [5.74, 6) is -0.669. The number of piperazine rings is 1. The molecule has 1 aliphatic heterocycles. The molecule has 8 nitrogen and oxygen atoms in total. The molecule has 1 aliphatic rings. The summed E-state index contributed by atoms with van der Waals surface area (Å²) in [7, 11) is 0. The zero-order chi connectivity index (χ0) is 22.4. The van der Waals surface area contributed by atoms with Gasteiger partial charge in [-0.1, -0.05) is 12.1 Å². The van der Waals surface area contributed by atoms with Gasteiger partial charge < -0.3 is 26.0 Å². The Bertz CT molecular complexity index is 966. The highest BCUT2D eigenvalue weighted by molar-refractivity contribution is 14.0. The van der Waals surface area contributed by atoms with Crippen LogP contribution in [0, 0.1) is 0 Å². The van der Waals surface area contributed by atoms with Crippen molar-refractivity contribution in [2.24, 2.45) is 10.7 Å². The van der Waals surface area contributed by atoms with Gasteiger partial charge >= 0.3 is 6.36 Å². The Hall–Kier alpha value is -3.03. The van der Waals surface area contributed by atoms with Crippen molar-refractivity contribution in [3.8, 4) is 5.75 Å². The van der Waals surface area contributed by atoms with Crippen molar-refractivity contribution in [1.82, 2.24) is 10.2 Å². The molecule has 172 valence electrons. The molecular formula is C20H21F3IN5O3. The Kier molecular flexibility index (Phi) is 8.69.